The normalized spacial score (nSPS) is 31.6. The monoisotopic (exact) mass is 441 g/mol. The van der Waals surface area contributed by atoms with Gasteiger partial charge in [0.25, 0.3) is 0 Å². The number of primary amides is 1. The third-order valence-electron chi connectivity index (χ3n) is 7.26. The summed E-state index contributed by atoms with van der Waals surface area (Å²) in [5.74, 6) is -8.60. The Morgan fingerprint density at radius 3 is 2.56 bits per heavy atom. The Morgan fingerprint density at radius 1 is 1.19 bits per heavy atom. The molecule has 5 atom stereocenters. The molecule has 2 unspecified atom stereocenters. The molecule has 170 valence electrons. The predicted molar refractivity (Wildman–Crippen MR) is 112 cm³/mol. The molecule has 2 fully saturated rings. The molecule has 0 radical (unpaired) electrons. The van der Waals surface area contributed by atoms with E-state index in [1.807, 2.05) is 19.9 Å². The summed E-state index contributed by atoms with van der Waals surface area (Å²) in [6, 6.07) is 3.58. The molecule has 3 aliphatic rings. The van der Waals surface area contributed by atoms with Gasteiger partial charge in [-0.3, -0.25) is 24.0 Å². The molecule has 4 rings (SSSR count). The Bertz CT molecular complexity index is 1050. The van der Waals surface area contributed by atoms with Gasteiger partial charge in [0.05, 0.1) is 18.1 Å². The zero-order valence-electron chi connectivity index (χ0n) is 18.2. The summed E-state index contributed by atoms with van der Waals surface area (Å²) >= 11 is 0. The average molecular weight is 441 g/mol. The number of unbranched alkanes of at least 4 members (excludes halogenated alkanes) is 1. The molecule has 0 aromatic heterocycles. The highest BCUT2D eigenvalue weighted by atomic mass is 16.5. The van der Waals surface area contributed by atoms with E-state index in [1.54, 1.807) is 6.07 Å². The van der Waals surface area contributed by atoms with Crippen molar-refractivity contribution in [2.24, 2.45) is 29.4 Å². The lowest BCUT2D eigenvalue weighted by Gasteiger charge is -2.48. The van der Waals surface area contributed by atoms with Gasteiger partial charge in [-0.05, 0) is 49.3 Å². The predicted octanol–water partition coefficient (Wildman–Crippen LogP) is 1.11. The molecule has 0 heterocycles. The number of fused-ring (bicyclic) bond motifs is 3. The number of ether oxygens (including phenoxy) is 1. The van der Waals surface area contributed by atoms with Crippen molar-refractivity contribution in [3.05, 3.63) is 28.8 Å². The molecule has 32 heavy (non-hydrogen) atoms. The van der Waals surface area contributed by atoms with E-state index < -0.39 is 58.3 Å². The number of ketones is 4. The molecule has 1 aromatic carbocycles. The lowest BCUT2D eigenvalue weighted by atomic mass is 9.53. The molecule has 0 aliphatic heterocycles. The van der Waals surface area contributed by atoms with Crippen LogP contribution in [-0.4, -0.2) is 46.4 Å². The molecule has 1 aromatic rings. The van der Waals surface area contributed by atoms with Crippen molar-refractivity contribution >= 4 is 29.0 Å². The molecular formula is C24H27NO7. The zero-order chi connectivity index (χ0) is 23.4. The van der Waals surface area contributed by atoms with Gasteiger partial charge >= 0.3 is 0 Å². The zero-order valence-corrected chi connectivity index (χ0v) is 18.2. The first-order valence-electron chi connectivity index (χ1n) is 11.0. The Hall–Kier alpha value is -2.87. The fraction of sp³-hybridized carbons (Fsp3) is 0.542. The standard InChI is InChI=1S/C24H27NO7/c1-3-4-7-32-16-6-5-11(2)14-9-12-8-13-10-15(26)19(23(25)30)22(29)24(13,31)21(28)17(12)20(27)18(14)16/h5-6,12-13,17,19,31H,3-4,7-10H2,1-2H3,(H2,25,30)/t12-,13+,17?,19?,24+/m1/s1. The quantitative estimate of drug-likeness (QED) is 0.515. The van der Waals surface area contributed by atoms with Crippen LogP contribution in [0.4, 0.5) is 0 Å². The number of rotatable bonds is 5. The van der Waals surface area contributed by atoms with Gasteiger partial charge in [-0.15, -0.1) is 0 Å². The molecule has 1 amide bonds. The fourth-order valence-electron chi connectivity index (χ4n) is 5.56. The van der Waals surface area contributed by atoms with Crippen LogP contribution in [0.2, 0.25) is 0 Å². The van der Waals surface area contributed by atoms with E-state index in [2.05, 4.69) is 0 Å². The molecular weight excluding hydrogens is 414 g/mol. The highest BCUT2D eigenvalue weighted by molar-refractivity contribution is 6.31. The maximum absolute atomic E-state index is 13.6. The minimum absolute atomic E-state index is 0.154. The Labute approximate surface area is 185 Å². The van der Waals surface area contributed by atoms with E-state index in [-0.39, 0.29) is 12.8 Å². The van der Waals surface area contributed by atoms with E-state index in [1.165, 1.54) is 0 Å². The summed E-state index contributed by atoms with van der Waals surface area (Å²) in [5.41, 5.74) is 4.66. The number of amides is 1. The summed E-state index contributed by atoms with van der Waals surface area (Å²) in [4.78, 5) is 64.1. The maximum atomic E-state index is 13.6. The summed E-state index contributed by atoms with van der Waals surface area (Å²) in [7, 11) is 0. The molecule has 0 bridgehead atoms. The van der Waals surface area contributed by atoms with Crippen LogP contribution >= 0.6 is 0 Å². The SMILES string of the molecule is CCCCOc1ccc(C)c2c1C(=O)C1C(=O)[C@]3(O)C(=O)C(C(N)=O)C(=O)C[C@@H]3C[C@@H]1C2. The Morgan fingerprint density at radius 2 is 1.91 bits per heavy atom. The summed E-state index contributed by atoms with van der Waals surface area (Å²) in [6.45, 7) is 4.33. The van der Waals surface area contributed by atoms with Gasteiger partial charge < -0.3 is 15.6 Å². The van der Waals surface area contributed by atoms with Gasteiger partial charge in [0.1, 0.15) is 5.75 Å². The summed E-state index contributed by atoms with van der Waals surface area (Å²) in [6.07, 6.45) is 1.98. The number of carbonyl (C=O) groups excluding carboxylic acids is 5. The summed E-state index contributed by atoms with van der Waals surface area (Å²) in [5, 5.41) is 11.2. The van der Waals surface area contributed by atoms with E-state index in [0.29, 0.717) is 24.3 Å². The van der Waals surface area contributed by atoms with Crippen LogP contribution in [0.1, 0.15) is 54.1 Å². The second-order valence-corrected chi connectivity index (χ2v) is 9.18. The highest BCUT2D eigenvalue weighted by Gasteiger charge is 2.66. The third-order valence-corrected chi connectivity index (χ3v) is 7.26. The number of benzene rings is 1. The molecule has 0 spiro atoms. The molecule has 3 aliphatic carbocycles. The number of Topliss-reactive ketones (excluding diaryl/α,β-unsaturated/α-hetero) is 4. The Balaban J connectivity index is 1.76. The summed E-state index contributed by atoms with van der Waals surface area (Å²) < 4.78 is 5.83. The smallest absolute Gasteiger partial charge is 0.235 e. The van der Waals surface area contributed by atoms with E-state index in [4.69, 9.17) is 10.5 Å². The first-order valence-corrected chi connectivity index (χ1v) is 11.0. The van der Waals surface area contributed by atoms with Gasteiger partial charge in [-0.25, -0.2) is 0 Å². The fourth-order valence-corrected chi connectivity index (χ4v) is 5.56. The minimum Gasteiger partial charge on any atom is -0.493 e. The molecule has 8 nitrogen and oxygen atoms in total. The number of aryl methyl sites for hydroxylation is 1. The van der Waals surface area contributed by atoms with Gasteiger partial charge in [-0.2, -0.15) is 0 Å². The van der Waals surface area contributed by atoms with Crippen LogP contribution in [0.3, 0.4) is 0 Å². The maximum Gasteiger partial charge on any atom is 0.235 e. The van der Waals surface area contributed by atoms with Crippen LogP contribution in [0.5, 0.6) is 5.75 Å². The van der Waals surface area contributed by atoms with Crippen molar-refractivity contribution in [1.29, 1.82) is 0 Å². The van der Waals surface area contributed by atoms with E-state index in [0.717, 1.165) is 24.0 Å². The van der Waals surface area contributed by atoms with Crippen molar-refractivity contribution in [3.8, 4) is 5.75 Å². The number of nitrogens with two attached hydrogens (primary N) is 1. The van der Waals surface area contributed by atoms with Crippen molar-refractivity contribution in [2.75, 3.05) is 6.61 Å². The van der Waals surface area contributed by atoms with E-state index >= 15 is 0 Å². The lowest BCUT2D eigenvalue weighted by molar-refractivity contribution is -0.175. The Kier molecular flexibility index (Phi) is 5.53. The van der Waals surface area contributed by atoms with Gasteiger partial charge in [0.2, 0.25) is 5.91 Å². The molecule has 0 saturated heterocycles. The first kappa shape index (κ1) is 22.3. The third kappa shape index (κ3) is 3.11. The van der Waals surface area contributed by atoms with Gasteiger partial charge in [0.15, 0.2) is 34.7 Å². The lowest BCUT2D eigenvalue weighted by Crippen LogP contribution is -2.68. The number of aliphatic hydroxyl groups is 1. The van der Waals surface area contributed by atoms with Crippen molar-refractivity contribution in [1.82, 2.24) is 0 Å². The van der Waals surface area contributed by atoms with Crippen LogP contribution in [0, 0.1) is 30.6 Å². The van der Waals surface area contributed by atoms with Crippen LogP contribution in [0.15, 0.2) is 12.1 Å². The van der Waals surface area contributed by atoms with Gasteiger partial charge in [0, 0.05) is 12.3 Å². The number of hydrogen-bond donors (Lipinski definition) is 2. The van der Waals surface area contributed by atoms with Crippen LogP contribution < -0.4 is 10.5 Å². The number of carbonyl (C=O) groups is 5. The second-order valence-electron chi connectivity index (χ2n) is 9.18. The van der Waals surface area contributed by atoms with Gasteiger partial charge in [-0.1, -0.05) is 19.4 Å². The minimum atomic E-state index is -2.56. The molecule has 2 saturated carbocycles. The van der Waals surface area contributed by atoms with Crippen LogP contribution in [0.25, 0.3) is 0 Å². The van der Waals surface area contributed by atoms with Crippen molar-refractivity contribution in [3.63, 3.8) is 0 Å². The number of hydrogen-bond acceptors (Lipinski definition) is 7. The highest BCUT2D eigenvalue weighted by Crippen LogP contribution is 2.50. The van der Waals surface area contributed by atoms with Crippen molar-refractivity contribution < 1.29 is 33.8 Å². The topological polar surface area (TPSA) is 141 Å². The van der Waals surface area contributed by atoms with Crippen LogP contribution in [-0.2, 0) is 25.6 Å². The van der Waals surface area contributed by atoms with E-state index in [9.17, 15) is 29.1 Å². The molecule has 8 heteroatoms. The largest absolute Gasteiger partial charge is 0.493 e. The molecule has 3 N–H and O–H groups in total. The van der Waals surface area contributed by atoms with Crippen molar-refractivity contribution in [2.45, 2.75) is 51.6 Å². The average Bonchev–Trinajstić information content (AvgIpc) is 2.72. The first-order chi connectivity index (χ1) is 15.1. The second kappa shape index (κ2) is 7.92.